The molecule has 172 valence electrons. The molecule has 3 N–H and O–H groups in total. The highest BCUT2D eigenvalue weighted by atomic mass is 35.5. The smallest absolute Gasteiger partial charge is 0.239 e. The minimum absolute atomic E-state index is 0.105. The van der Waals surface area contributed by atoms with E-state index in [9.17, 15) is 8.42 Å². The third kappa shape index (κ3) is 3.54. The monoisotopic (exact) mass is 506 g/mol. The Morgan fingerprint density at radius 2 is 2.18 bits per heavy atom. The summed E-state index contributed by atoms with van der Waals surface area (Å²) in [6.07, 6.45) is 7.48. The van der Waals surface area contributed by atoms with Crippen molar-refractivity contribution < 1.29 is 12.8 Å². The normalized spacial score (nSPS) is 25.0. The first kappa shape index (κ1) is 22.1. The minimum atomic E-state index is -3.66. The Hall–Kier alpha value is -2.76. The summed E-state index contributed by atoms with van der Waals surface area (Å²) in [5.74, 6) is -0.385. The van der Waals surface area contributed by atoms with Crippen molar-refractivity contribution in [1.82, 2.24) is 19.5 Å². The van der Waals surface area contributed by atoms with Crippen LogP contribution >= 0.6 is 22.9 Å². The Labute approximate surface area is 198 Å². The van der Waals surface area contributed by atoms with Gasteiger partial charge in [0.05, 0.1) is 32.2 Å². The summed E-state index contributed by atoms with van der Waals surface area (Å²) >= 11 is 7.99. The lowest BCUT2D eigenvalue weighted by Crippen LogP contribution is -2.50. The molecule has 3 aromatic heterocycles. The summed E-state index contributed by atoms with van der Waals surface area (Å²) in [6.45, 7) is 1.69. The van der Waals surface area contributed by atoms with Gasteiger partial charge in [0.2, 0.25) is 16.0 Å². The van der Waals surface area contributed by atoms with E-state index in [1.807, 2.05) is 6.08 Å². The van der Waals surface area contributed by atoms with E-state index in [2.05, 4.69) is 20.2 Å². The number of nitrogens with one attached hydrogen (secondary N) is 1. The number of H-pyrrole nitrogens is 1. The van der Waals surface area contributed by atoms with Crippen molar-refractivity contribution in [2.75, 3.05) is 12.8 Å². The average Bonchev–Trinajstić information content (AvgIpc) is 3.41. The quantitative estimate of drug-likeness (QED) is 0.561. The first-order valence-corrected chi connectivity index (χ1v) is 12.8. The maximum Gasteiger partial charge on any atom is 0.239 e. The number of aromatic nitrogens is 3. The number of thiophene rings is 1. The first-order valence-electron chi connectivity index (χ1n) is 10.0. The zero-order chi connectivity index (χ0) is 23.5. The van der Waals surface area contributed by atoms with Crippen LogP contribution in [0.1, 0.15) is 29.5 Å². The van der Waals surface area contributed by atoms with Gasteiger partial charge in [-0.2, -0.15) is 5.10 Å². The first-order chi connectivity index (χ1) is 15.6. The molecule has 3 aromatic rings. The molecule has 0 aromatic carbocycles. The van der Waals surface area contributed by atoms with E-state index in [0.29, 0.717) is 31.3 Å². The number of aromatic amines is 1. The van der Waals surface area contributed by atoms with Gasteiger partial charge in [0, 0.05) is 42.4 Å². The van der Waals surface area contributed by atoms with Crippen LogP contribution in [0.2, 0.25) is 5.02 Å². The topological polar surface area (TPSA) is 117 Å². The van der Waals surface area contributed by atoms with Gasteiger partial charge in [-0.15, -0.1) is 11.3 Å². The van der Waals surface area contributed by atoms with Crippen molar-refractivity contribution in [3.05, 3.63) is 58.0 Å². The van der Waals surface area contributed by atoms with Crippen LogP contribution in [-0.2, 0) is 15.6 Å². The fourth-order valence-electron chi connectivity index (χ4n) is 4.15. The van der Waals surface area contributed by atoms with E-state index in [1.165, 1.54) is 18.4 Å². The van der Waals surface area contributed by atoms with Crippen LogP contribution < -0.4 is 5.73 Å². The molecule has 1 unspecified atom stereocenters. The maximum absolute atomic E-state index is 15.3. The number of nitrogens with zero attached hydrogens (tertiary/aromatic N) is 4. The molecule has 12 heteroatoms. The van der Waals surface area contributed by atoms with Gasteiger partial charge < -0.3 is 5.73 Å². The lowest BCUT2D eigenvalue weighted by molar-refractivity contribution is 0.417. The Kier molecular flexibility index (Phi) is 5.11. The van der Waals surface area contributed by atoms with Gasteiger partial charge >= 0.3 is 0 Å². The molecule has 0 bridgehead atoms. The number of fused-ring (bicyclic) bond motifs is 1. The summed E-state index contributed by atoms with van der Waals surface area (Å²) in [7, 11) is -2.30. The highest BCUT2D eigenvalue weighted by Crippen LogP contribution is 2.47. The van der Waals surface area contributed by atoms with E-state index in [4.69, 9.17) is 17.3 Å². The van der Waals surface area contributed by atoms with Crippen LogP contribution in [0, 0.1) is 0 Å². The third-order valence-electron chi connectivity index (χ3n) is 5.94. The lowest BCUT2D eigenvalue weighted by atomic mass is 9.91. The van der Waals surface area contributed by atoms with E-state index in [-0.39, 0.29) is 18.1 Å². The highest BCUT2D eigenvalue weighted by molar-refractivity contribution is 7.89. The standard InChI is InChI=1S/C21H20ClFN6O2S2/c1-21(10-33(30,31)29(2)20(24)28-21)19-16(22)14-5-6-25-17(18(14)32-19)13-4-3-11(7-15(13)23)12-8-26-27-9-12/h3-6,8-9,15H,7,10H2,1-2H3,(H2,24,28)(H,26,27)/t15?,21-/m0/s1. The second-order valence-electron chi connectivity index (χ2n) is 8.22. The van der Waals surface area contributed by atoms with E-state index in [0.717, 1.165) is 15.4 Å². The number of hydrogen-bond acceptors (Lipinski definition) is 7. The second-order valence-corrected chi connectivity index (χ2v) is 11.6. The van der Waals surface area contributed by atoms with Gasteiger partial charge in [0.25, 0.3) is 0 Å². The SMILES string of the molecule is CN1C(N)=N[C@](C)(c2sc3c(C4=CC=C(c5cn[nH]c5)CC4F)nccc3c2Cl)CS1(=O)=O. The lowest BCUT2D eigenvalue weighted by Gasteiger charge is -2.33. The average molecular weight is 507 g/mol. The number of pyridine rings is 1. The number of alkyl halides is 1. The van der Waals surface area contributed by atoms with Crippen molar-refractivity contribution in [1.29, 1.82) is 0 Å². The molecule has 0 amide bonds. The van der Waals surface area contributed by atoms with Gasteiger partial charge in [-0.1, -0.05) is 23.8 Å². The predicted octanol–water partition coefficient (Wildman–Crippen LogP) is 3.69. The number of sulfonamides is 1. The van der Waals surface area contributed by atoms with Crippen molar-refractivity contribution in [3.63, 3.8) is 0 Å². The van der Waals surface area contributed by atoms with Crippen LogP contribution in [0.5, 0.6) is 0 Å². The summed E-state index contributed by atoms with van der Waals surface area (Å²) in [4.78, 5) is 9.46. The van der Waals surface area contributed by atoms with Gasteiger partial charge in [-0.3, -0.25) is 10.1 Å². The molecule has 0 saturated carbocycles. The van der Waals surface area contributed by atoms with Crippen molar-refractivity contribution in [2.45, 2.75) is 25.1 Å². The molecule has 2 aliphatic rings. The fraction of sp³-hybridized carbons (Fsp3) is 0.286. The fourth-order valence-corrected chi connectivity index (χ4v) is 7.50. The van der Waals surface area contributed by atoms with Gasteiger partial charge in [-0.05, 0) is 18.6 Å². The molecule has 8 nitrogen and oxygen atoms in total. The molecular weight excluding hydrogens is 487 g/mol. The predicted molar refractivity (Wildman–Crippen MR) is 129 cm³/mol. The molecular formula is C21H20ClFN6O2S2. The molecule has 1 aliphatic carbocycles. The summed E-state index contributed by atoms with van der Waals surface area (Å²) < 4.78 is 42.2. The van der Waals surface area contributed by atoms with Crippen LogP contribution in [0.3, 0.4) is 0 Å². The number of allylic oxidation sites excluding steroid dienone is 4. The molecule has 2 atom stereocenters. The summed E-state index contributed by atoms with van der Waals surface area (Å²) in [6, 6.07) is 1.74. The number of rotatable bonds is 3. The summed E-state index contributed by atoms with van der Waals surface area (Å²) in [5.41, 5.74) is 7.34. The minimum Gasteiger partial charge on any atom is -0.369 e. The Morgan fingerprint density at radius 3 is 2.85 bits per heavy atom. The largest absolute Gasteiger partial charge is 0.369 e. The zero-order valence-corrected chi connectivity index (χ0v) is 20.1. The Balaban J connectivity index is 1.64. The molecule has 0 spiro atoms. The van der Waals surface area contributed by atoms with Crippen molar-refractivity contribution in [3.8, 4) is 0 Å². The number of nitrogens with two attached hydrogens (primary N) is 1. The maximum atomic E-state index is 15.3. The zero-order valence-electron chi connectivity index (χ0n) is 17.7. The van der Waals surface area contributed by atoms with Gasteiger partial charge in [-0.25, -0.2) is 22.1 Å². The van der Waals surface area contributed by atoms with Crippen molar-refractivity contribution >= 4 is 60.2 Å². The van der Waals surface area contributed by atoms with E-state index in [1.54, 1.807) is 37.7 Å². The Bertz CT molecular complexity index is 1460. The van der Waals surface area contributed by atoms with E-state index >= 15 is 4.39 Å². The Morgan fingerprint density at radius 1 is 1.39 bits per heavy atom. The molecule has 0 fully saturated rings. The number of aliphatic imine (C=N–C) groups is 1. The molecule has 4 heterocycles. The van der Waals surface area contributed by atoms with Crippen LogP contribution in [0.4, 0.5) is 4.39 Å². The molecule has 5 rings (SSSR count). The summed E-state index contributed by atoms with van der Waals surface area (Å²) in [5, 5.41) is 7.71. The molecule has 1 aliphatic heterocycles. The van der Waals surface area contributed by atoms with Crippen molar-refractivity contribution in [2.24, 2.45) is 10.7 Å². The highest BCUT2D eigenvalue weighted by Gasteiger charge is 2.43. The van der Waals surface area contributed by atoms with Crippen LogP contribution in [-0.4, -0.2) is 52.8 Å². The molecule has 0 radical (unpaired) electrons. The number of guanidine groups is 1. The number of hydrogen-bond donors (Lipinski definition) is 2. The van der Waals surface area contributed by atoms with Gasteiger partial charge in [0.1, 0.15) is 11.7 Å². The van der Waals surface area contributed by atoms with Crippen LogP contribution in [0.15, 0.2) is 41.8 Å². The second kappa shape index (κ2) is 7.64. The van der Waals surface area contributed by atoms with Crippen LogP contribution in [0.25, 0.3) is 21.2 Å². The molecule has 0 saturated heterocycles. The van der Waals surface area contributed by atoms with Gasteiger partial charge in [0.15, 0.2) is 0 Å². The third-order valence-corrected chi connectivity index (χ3v) is 9.86. The van der Waals surface area contributed by atoms with E-state index < -0.39 is 21.7 Å². The molecule has 33 heavy (non-hydrogen) atoms. The number of halogens is 2.